The van der Waals surface area contributed by atoms with Crippen molar-refractivity contribution >= 4 is 5.91 Å². The molecule has 0 heterocycles. The van der Waals surface area contributed by atoms with Crippen LogP contribution >= 0.6 is 0 Å². The Morgan fingerprint density at radius 3 is 2.25 bits per heavy atom. The molecule has 4 saturated carbocycles. The number of nitrogens with two attached hydrogens (primary N) is 1. The van der Waals surface area contributed by atoms with E-state index in [2.05, 4.69) is 17.4 Å². The number of methoxy groups -OCH3 is 1. The van der Waals surface area contributed by atoms with E-state index in [-0.39, 0.29) is 35.5 Å². The van der Waals surface area contributed by atoms with Crippen LogP contribution in [0.25, 0.3) is 0 Å². The first kappa shape index (κ1) is 23.2. The maximum absolute atomic E-state index is 13.1. The molecule has 0 aromatic heterocycles. The molecule has 0 atom stereocenters. The van der Waals surface area contributed by atoms with Crippen LogP contribution in [-0.2, 0) is 14.9 Å². The summed E-state index contributed by atoms with van der Waals surface area (Å²) in [7, 11) is 1.79. The topological polar surface area (TPSA) is 73.6 Å². The second-order valence-corrected chi connectivity index (χ2v) is 10.1. The van der Waals surface area contributed by atoms with E-state index in [1.54, 1.807) is 7.11 Å². The van der Waals surface area contributed by atoms with Crippen LogP contribution in [0.4, 0.5) is 4.39 Å². The fourth-order valence-electron chi connectivity index (χ4n) is 5.89. The number of hydrogen-bond acceptors (Lipinski definition) is 4. The van der Waals surface area contributed by atoms with E-state index in [1.165, 1.54) is 12.0 Å². The summed E-state index contributed by atoms with van der Waals surface area (Å²) in [5.74, 6) is 0.968. The molecular weight excluding hydrogens is 407 g/mol. The number of benzene rings is 1. The van der Waals surface area contributed by atoms with Gasteiger partial charge in [0.1, 0.15) is 12.4 Å². The molecule has 2 bridgehead atoms. The van der Waals surface area contributed by atoms with Crippen LogP contribution in [0.2, 0.25) is 0 Å². The van der Waals surface area contributed by atoms with Gasteiger partial charge in [-0.05, 0) is 87.3 Å². The van der Waals surface area contributed by atoms with Crippen LogP contribution in [0, 0.1) is 5.41 Å². The first-order valence-corrected chi connectivity index (χ1v) is 12.0. The van der Waals surface area contributed by atoms with E-state index in [0.29, 0.717) is 18.4 Å². The van der Waals surface area contributed by atoms with Crippen LogP contribution in [0.1, 0.15) is 69.8 Å². The molecule has 3 N–H and O–H groups in total. The van der Waals surface area contributed by atoms with Gasteiger partial charge in [0.2, 0.25) is 5.91 Å². The lowest BCUT2D eigenvalue weighted by atomic mass is 9.51. The molecule has 4 aliphatic rings. The predicted molar refractivity (Wildman–Crippen MR) is 123 cm³/mol. The molecule has 32 heavy (non-hydrogen) atoms. The van der Waals surface area contributed by atoms with E-state index in [1.807, 2.05) is 12.1 Å². The van der Waals surface area contributed by atoms with Gasteiger partial charge < -0.3 is 20.5 Å². The number of amides is 1. The summed E-state index contributed by atoms with van der Waals surface area (Å²) in [5, 5.41) is 3.24. The molecule has 1 aromatic rings. The maximum Gasteiger partial charge on any atom is 0.226 e. The van der Waals surface area contributed by atoms with E-state index in [4.69, 9.17) is 15.2 Å². The molecule has 5 nitrogen and oxygen atoms in total. The van der Waals surface area contributed by atoms with Gasteiger partial charge in [0.05, 0.1) is 11.9 Å². The second-order valence-electron chi connectivity index (χ2n) is 10.1. The van der Waals surface area contributed by atoms with Crippen LogP contribution in [0.3, 0.4) is 0 Å². The van der Waals surface area contributed by atoms with E-state index < -0.39 is 0 Å². The number of carbonyl (C=O) groups is 1. The average molecular weight is 445 g/mol. The first-order valence-electron chi connectivity index (χ1n) is 12.0. The lowest BCUT2D eigenvalue weighted by molar-refractivity contribution is -0.138. The zero-order chi connectivity index (χ0) is 22.7. The van der Waals surface area contributed by atoms with Gasteiger partial charge in [-0.3, -0.25) is 4.79 Å². The van der Waals surface area contributed by atoms with Crippen molar-refractivity contribution in [3.63, 3.8) is 0 Å². The molecule has 176 valence electrons. The van der Waals surface area contributed by atoms with Gasteiger partial charge in [-0.15, -0.1) is 0 Å². The fourth-order valence-corrected chi connectivity index (χ4v) is 5.89. The molecule has 0 spiro atoms. The zero-order valence-corrected chi connectivity index (χ0v) is 19.3. The SMILES string of the molecule is COC1(CCNC(=O)C23CCC(c4ccc(OCC(=CF)CN)cc4)(CC2)CC3)CCC1. The number of rotatable bonds is 10. The van der Waals surface area contributed by atoms with Gasteiger partial charge >= 0.3 is 0 Å². The number of nitrogens with one attached hydrogen (secondary N) is 1. The Kier molecular flexibility index (Phi) is 6.91. The summed E-state index contributed by atoms with van der Waals surface area (Å²) in [6.07, 6.45) is 10.9. The molecule has 4 fully saturated rings. The van der Waals surface area contributed by atoms with E-state index in [0.717, 1.165) is 63.5 Å². The largest absolute Gasteiger partial charge is 0.489 e. The third-order valence-corrected chi connectivity index (χ3v) is 8.60. The van der Waals surface area contributed by atoms with E-state index >= 15 is 0 Å². The molecule has 6 heteroatoms. The Morgan fingerprint density at radius 1 is 1.09 bits per heavy atom. The van der Waals surface area contributed by atoms with Gasteiger partial charge in [0, 0.05) is 31.2 Å². The minimum Gasteiger partial charge on any atom is -0.489 e. The molecule has 4 aliphatic carbocycles. The molecule has 0 unspecified atom stereocenters. The van der Waals surface area contributed by atoms with Crippen molar-refractivity contribution in [2.45, 2.75) is 75.2 Å². The second kappa shape index (κ2) is 9.52. The molecular formula is C26H37FN2O3. The summed E-state index contributed by atoms with van der Waals surface area (Å²) < 4.78 is 24.0. The standard InChI is InChI=1S/C26H37FN2O3/c1-31-26(7-2-8-26)15-16-29-23(30)25-12-9-24(10-13-25,11-14-25)21-3-5-22(6-4-21)32-19-20(17-27)18-28/h3-6,17H,2,7-16,18-19,28H2,1H3,(H,29,30). The zero-order valence-electron chi connectivity index (χ0n) is 19.3. The minimum absolute atomic E-state index is 0.00313. The Morgan fingerprint density at radius 2 is 1.75 bits per heavy atom. The predicted octanol–water partition coefficient (Wildman–Crippen LogP) is 4.54. The highest BCUT2D eigenvalue weighted by atomic mass is 19.1. The van der Waals surface area contributed by atoms with Crippen molar-refractivity contribution in [1.82, 2.24) is 5.32 Å². The molecule has 0 saturated heterocycles. The van der Waals surface area contributed by atoms with Crippen molar-refractivity contribution in [3.05, 3.63) is 41.7 Å². The average Bonchev–Trinajstić information content (AvgIpc) is 2.83. The molecule has 1 aromatic carbocycles. The van der Waals surface area contributed by atoms with Crippen LogP contribution < -0.4 is 15.8 Å². The molecule has 5 rings (SSSR count). The van der Waals surface area contributed by atoms with Gasteiger partial charge in [0.15, 0.2) is 0 Å². The van der Waals surface area contributed by atoms with Crippen LogP contribution in [0.5, 0.6) is 5.75 Å². The van der Waals surface area contributed by atoms with E-state index in [9.17, 15) is 9.18 Å². The highest BCUT2D eigenvalue weighted by Crippen LogP contribution is 2.58. The molecule has 1 amide bonds. The van der Waals surface area contributed by atoms with Crippen molar-refractivity contribution in [3.8, 4) is 5.75 Å². The van der Waals surface area contributed by atoms with Crippen molar-refractivity contribution in [2.75, 3.05) is 26.8 Å². The summed E-state index contributed by atoms with van der Waals surface area (Å²) in [6, 6.07) is 8.20. The number of hydrogen-bond donors (Lipinski definition) is 2. The molecule has 0 radical (unpaired) electrons. The third kappa shape index (κ3) is 4.44. The van der Waals surface area contributed by atoms with Gasteiger partial charge in [-0.2, -0.15) is 0 Å². The number of fused-ring (bicyclic) bond motifs is 3. The lowest BCUT2D eigenvalue weighted by Crippen LogP contribution is -2.52. The normalized spacial score (nSPS) is 28.8. The smallest absolute Gasteiger partial charge is 0.226 e. The van der Waals surface area contributed by atoms with Crippen LogP contribution in [-0.4, -0.2) is 38.3 Å². The Bertz CT molecular complexity index is 802. The van der Waals surface area contributed by atoms with Gasteiger partial charge in [-0.25, -0.2) is 4.39 Å². The highest BCUT2D eigenvalue weighted by Gasteiger charge is 2.52. The Balaban J connectivity index is 1.30. The summed E-state index contributed by atoms with van der Waals surface area (Å²) in [6.45, 7) is 1.03. The van der Waals surface area contributed by atoms with Gasteiger partial charge in [0.25, 0.3) is 0 Å². The first-order chi connectivity index (χ1) is 15.5. The van der Waals surface area contributed by atoms with Crippen molar-refractivity contribution < 1.29 is 18.7 Å². The minimum atomic E-state index is -0.192. The summed E-state index contributed by atoms with van der Waals surface area (Å²) in [4.78, 5) is 13.1. The van der Waals surface area contributed by atoms with Crippen molar-refractivity contribution in [1.29, 1.82) is 0 Å². The Labute approximate surface area is 190 Å². The van der Waals surface area contributed by atoms with Crippen molar-refractivity contribution in [2.24, 2.45) is 11.1 Å². The highest BCUT2D eigenvalue weighted by molar-refractivity contribution is 5.83. The monoisotopic (exact) mass is 444 g/mol. The quantitative estimate of drug-likeness (QED) is 0.555. The molecule has 0 aliphatic heterocycles. The number of halogens is 1. The number of carbonyl (C=O) groups excluding carboxylic acids is 1. The van der Waals surface area contributed by atoms with Gasteiger partial charge in [-0.1, -0.05) is 12.1 Å². The Hall–Kier alpha value is -1.92. The number of ether oxygens (including phenoxy) is 2. The fraction of sp³-hybridized carbons (Fsp3) is 0.654. The van der Waals surface area contributed by atoms with Crippen LogP contribution in [0.15, 0.2) is 36.2 Å². The summed E-state index contributed by atoms with van der Waals surface area (Å²) >= 11 is 0. The summed E-state index contributed by atoms with van der Waals surface area (Å²) in [5.41, 5.74) is 7.21. The third-order valence-electron chi connectivity index (χ3n) is 8.60. The maximum atomic E-state index is 13.1. The lowest BCUT2D eigenvalue weighted by Gasteiger charge is -2.53.